The average Bonchev–Trinajstić information content (AvgIpc) is 2.63. The van der Waals surface area contributed by atoms with Crippen LogP contribution in [0.4, 0.5) is 0 Å². The van der Waals surface area contributed by atoms with Gasteiger partial charge in [-0.3, -0.25) is 0 Å². The predicted octanol–water partition coefficient (Wildman–Crippen LogP) is 4.55. The molecule has 4 nitrogen and oxygen atoms in total. The first-order valence-corrected chi connectivity index (χ1v) is 10.7. The van der Waals surface area contributed by atoms with E-state index in [4.69, 9.17) is 4.74 Å². The summed E-state index contributed by atoms with van der Waals surface area (Å²) in [5, 5.41) is 0. The van der Waals surface area contributed by atoms with Crippen LogP contribution in [0.2, 0.25) is 0 Å². The molecule has 5 heteroatoms. The molecule has 0 N–H and O–H groups in total. The largest absolute Gasteiger partial charge is 0.497 e. The lowest BCUT2D eigenvalue weighted by Gasteiger charge is -2.24. The zero-order valence-electron chi connectivity index (χ0n) is 16.4. The molecule has 0 spiro atoms. The number of allylic oxidation sites excluding steroid dienone is 1. The molecular formula is C22H29NO3S. The summed E-state index contributed by atoms with van der Waals surface area (Å²) in [6.07, 6.45) is 2.45. The highest BCUT2D eigenvalue weighted by atomic mass is 32.2. The molecule has 0 aliphatic heterocycles. The molecule has 0 aromatic heterocycles. The standard InChI is InChI=1S/C22H29NO3S/c1-5-6-19(3)17-27(24,25)23(15-20-9-7-18(2)8-10-20)16-21-11-13-22(26-4)14-12-21/h5,7-14,19H,1,6,15-17H2,2-4H3/t19-/m1/s1. The van der Waals surface area contributed by atoms with Crippen molar-refractivity contribution >= 4 is 10.0 Å². The Hall–Kier alpha value is -2.11. The molecule has 146 valence electrons. The molecule has 0 fully saturated rings. The number of methoxy groups -OCH3 is 1. The van der Waals surface area contributed by atoms with Gasteiger partial charge in [0, 0.05) is 13.1 Å². The average molecular weight is 388 g/mol. The first kappa shape index (κ1) is 21.2. The Morgan fingerprint density at radius 2 is 1.56 bits per heavy atom. The van der Waals surface area contributed by atoms with Crippen LogP contribution in [-0.2, 0) is 23.1 Å². The van der Waals surface area contributed by atoms with Crippen LogP contribution in [0, 0.1) is 12.8 Å². The van der Waals surface area contributed by atoms with Gasteiger partial charge in [-0.05, 0) is 42.5 Å². The van der Waals surface area contributed by atoms with Crippen LogP contribution < -0.4 is 4.74 Å². The topological polar surface area (TPSA) is 46.6 Å². The van der Waals surface area contributed by atoms with Crippen molar-refractivity contribution < 1.29 is 13.2 Å². The van der Waals surface area contributed by atoms with Gasteiger partial charge in [0.25, 0.3) is 0 Å². The first-order chi connectivity index (χ1) is 12.8. The van der Waals surface area contributed by atoms with Crippen LogP contribution in [0.15, 0.2) is 61.2 Å². The number of ether oxygens (including phenoxy) is 1. The molecule has 2 rings (SSSR count). The summed E-state index contributed by atoms with van der Waals surface area (Å²) < 4.78 is 32.9. The van der Waals surface area contributed by atoms with Gasteiger partial charge in [-0.1, -0.05) is 55.0 Å². The number of nitrogens with zero attached hydrogens (tertiary/aromatic N) is 1. The predicted molar refractivity (Wildman–Crippen MR) is 111 cm³/mol. The van der Waals surface area contributed by atoms with E-state index in [9.17, 15) is 8.42 Å². The third-order valence-electron chi connectivity index (χ3n) is 4.46. The lowest BCUT2D eigenvalue weighted by molar-refractivity contribution is 0.394. The van der Waals surface area contributed by atoms with Gasteiger partial charge in [-0.2, -0.15) is 4.31 Å². The van der Waals surface area contributed by atoms with Crippen molar-refractivity contribution in [1.82, 2.24) is 4.31 Å². The second-order valence-corrected chi connectivity index (χ2v) is 9.02. The number of sulfonamides is 1. The third-order valence-corrected chi connectivity index (χ3v) is 6.49. The van der Waals surface area contributed by atoms with Crippen molar-refractivity contribution in [2.45, 2.75) is 33.4 Å². The van der Waals surface area contributed by atoms with Crippen LogP contribution in [0.1, 0.15) is 30.0 Å². The van der Waals surface area contributed by atoms with Gasteiger partial charge in [-0.25, -0.2) is 8.42 Å². The molecule has 0 unspecified atom stereocenters. The van der Waals surface area contributed by atoms with Gasteiger partial charge in [0.1, 0.15) is 5.75 Å². The van der Waals surface area contributed by atoms with E-state index in [2.05, 4.69) is 6.58 Å². The monoisotopic (exact) mass is 387 g/mol. The molecule has 0 aliphatic rings. The van der Waals surface area contributed by atoms with E-state index in [1.165, 1.54) is 0 Å². The number of hydrogen-bond acceptors (Lipinski definition) is 3. The zero-order chi connectivity index (χ0) is 19.9. The Morgan fingerprint density at radius 3 is 2.04 bits per heavy atom. The number of aryl methyl sites for hydroxylation is 1. The lowest BCUT2D eigenvalue weighted by atomic mass is 10.1. The SMILES string of the molecule is C=CC[C@@H](C)CS(=O)(=O)N(Cc1ccc(C)cc1)Cc1ccc(OC)cc1. The molecule has 0 aliphatic carbocycles. The van der Waals surface area contributed by atoms with Gasteiger partial charge in [0.2, 0.25) is 10.0 Å². The maximum Gasteiger partial charge on any atom is 0.214 e. The number of rotatable bonds is 10. The normalized spacial score (nSPS) is 12.7. The molecular weight excluding hydrogens is 358 g/mol. The summed E-state index contributed by atoms with van der Waals surface area (Å²) in [6, 6.07) is 15.5. The van der Waals surface area contributed by atoms with Crippen LogP contribution >= 0.6 is 0 Å². The summed E-state index contributed by atoms with van der Waals surface area (Å²) in [5.74, 6) is 0.899. The Kier molecular flexibility index (Phi) is 7.63. The van der Waals surface area contributed by atoms with Crippen LogP contribution in [0.5, 0.6) is 5.75 Å². The quantitative estimate of drug-likeness (QED) is 0.562. The van der Waals surface area contributed by atoms with E-state index in [0.717, 1.165) is 22.4 Å². The van der Waals surface area contributed by atoms with Crippen molar-refractivity contribution in [1.29, 1.82) is 0 Å². The van der Waals surface area contributed by atoms with Crippen LogP contribution in [0.3, 0.4) is 0 Å². The summed E-state index contributed by atoms with van der Waals surface area (Å²) in [5.41, 5.74) is 3.07. The van der Waals surface area contributed by atoms with Gasteiger partial charge in [0.05, 0.1) is 12.9 Å². The molecule has 2 aromatic carbocycles. The molecule has 0 saturated heterocycles. The number of hydrogen-bond donors (Lipinski definition) is 0. The first-order valence-electron chi connectivity index (χ1n) is 9.11. The van der Waals surface area contributed by atoms with Crippen LogP contribution in [0.25, 0.3) is 0 Å². The highest BCUT2D eigenvalue weighted by Gasteiger charge is 2.24. The lowest BCUT2D eigenvalue weighted by Crippen LogP contribution is -2.34. The fourth-order valence-electron chi connectivity index (χ4n) is 2.90. The second kappa shape index (κ2) is 9.72. The van der Waals surface area contributed by atoms with Gasteiger partial charge < -0.3 is 4.74 Å². The van der Waals surface area contributed by atoms with E-state index in [-0.39, 0.29) is 11.7 Å². The van der Waals surface area contributed by atoms with Crippen molar-refractivity contribution in [3.8, 4) is 5.75 Å². The fourth-order valence-corrected chi connectivity index (χ4v) is 4.66. The van der Waals surface area contributed by atoms with Gasteiger partial charge in [-0.15, -0.1) is 6.58 Å². The fraction of sp³-hybridized carbons (Fsp3) is 0.364. The molecule has 0 bridgehead atoms. The van der Waals surface area contributed by atoms with Crippen molar-refractivity contribution in [3.05, 3.63) is 77.9 Å². The minimum atomic E-state index is -3.41. The Balaban J connectivity index is 2.25. The summed E-state index contributed by atoms with van der Waals surface area (Å²) in [7, 11) is -1.80. The Bertz CT molecular complexity index is 827. The Labute approximate surface area is 163 Å². The van der Waals surface area contributed by atoms with E-state index in [1.807, 2.05) is 62.4 Å². The van der Waals surface area contributed by atoms with Crippen molar-refractivity contribution in [3.63, 3.8) is 0 Å². The van der Waals surface area contributed by atoms with Crippen LogP contribution in [-0.4, -0.2) is 25.6 Å². The summed E-state index contributed by atoms with van der Waals surface area (Å²) >= 11 is 0. The molecule has 0 amide bonds. The van der Waals surface area contributed by atoms with Gasteiger partial charge >= 0.3 is 0 Å². The maximum absolute atomic E-state index is 13.1. The molecule has 2 aromatic rings. The highest BCUT2D eigenvalue weighted by molar-refractivity contribution is 7.89. The highest BCUT2D eigenvalue weighted by Crippen LogP contribution is 2.20. The zero-order valence-corrected chi connectivity index (χ0v) is 17.2. The van der Waals surface area contributed by atoms with E-state index >= 15 is 0 Å². The third kappa shape index (κ3) is 6.52. The molecule has 0 saturated carbocycles. The van der Waals surface area contributed by atoms with E-state index in [1.54, 1.807) is 17.5 Å². The van der Waals surface area contributed by atoms with E-state index in [0.29, 0.717) is 19.5 Å². The summed E-state index contributed by atoms with van der Waals surface area (Å²) in [4.78, 5) is 0. The van der Waals surface area contributed by atoms with E-state index < -0.39 is 10.0 Å². The maximum atomic E-state index is 13.1. The summed E-state index contributed by atoms with van der Waals surface area (Å²) in [6.45, 7) is 8.37. The Morgan fingerprint density at radius 1 is 1.04 bits per heavy atom. The van der Waals surface area contributed by atoms with Crippen molar-refractivity contribution in [2.24, 2.45) is 5.92 Å². The smallest absolute Gasteiger partial charge is 0.214 e. The minimum Gasteiger partial charge on any atom is -0.497 e. The van der Waals surface area contributed by atoms with Gasteiger partial charge in [0.15, 0.2) is 0 Å². The molecule has 0 radical (unpaired) electrons. The molecule has 0 heterocycles. The molecule has 1 atom stereocenters. The molecule has 27 heavy (non-hydrogen) atoms. The number of benzene rings is 2. The minimum absolute atomic E-state index is 0.0314. The second-order valence-electron chi connectivity index (χ2n) is 7.01. The van der Waals surface area contributed by atoms with Crippen molar-refractivity contribution in [2.75, 3.05) is 12.9 Å².